The smallest absolute Gasteiger partial charge is 0.0535 e. The summed E-state index contributed by atoms with van der Waals surface area (Å²) in [5.41, 5.74) is 0. The Labute approximate surface area is 48.1 Å². The van der Waals surface area contributed by atoms with Gasteiger partial charge in [0, 0.05) is 10.2 Å². The lowest BCUT2D eigenvalue weighted by molar-refractivity contribution is 0.537. The van der Waals surface area contributed by atoms with E-state index in [-0.39, 0.29) is 0 Å². The monoisotopic (exact) mass is 115 g/mol. The third-order valence-electron chi connectivity index (χ3n) is 0.901. The zero-order valence-electron chi connectivity index (χ0n) is 4.78. The predicted octanol–water partition coefficient (Wildman–Crippen LogP) is -0.662. The van der Waals surface area contributed by atoms with Crippen LogP contribution in [0.25, 0.3) is 0 Å². The van der Waals surface area contributed by atoms with Gasteiger partial charge in [0.15, 0.2) is 0 Å². The van der Waals surface area contributed by atoms with Crippen LogP contribution < -0.4 is 10.6 Å². The van der Waals surface area contributed by atoms with Gasteiger partial charge in [-0.1, -0.05) is 0 Å². The van der Waals surface area contributed by atoms with Gasteiger partial charge in [0.25, 0.3) is 0 Å². The molecule has 0 amide bonds. The summed E-state index contributed by atoms with van der Waals surface area (Å²) in [5.74, 6) is 0. The molecule has 3 heteroatoms. The maximum absolute atomic E-state index is 3.35. The zero-order chi connectivity index (χ0) is 5.70. The molecule has 0 rings (SSSR count). The van der Waals surface area contributed by atoms with E-state index in [2.05, 4.69) is 20.9 Å². The van der Waals surface area contributed by atoms with Gasteiger partial charge < -0.3 is 10.6 Å². The lowest BCUT2D eigenvalue weighted by Gasteiger charge is -2.10. The molecule has 0 saturated carbocycles. The van der Waals surface area contributed by atoms with Crippen LogP contribution in [0.15, 0.2) is 0 Å². The molecule has 0 aromatic rings. The molecule has 0 aromatic heterocycles. The fraction of sp³-hybridized carbons (Fsp3) is 1.00. The molecule has 0 unspecified atom stereocenters. The van der Waals surface area contributed by atoms with Crippen molar-refractivity contribution in [3.8, 4) is 0 Å². The molecule has 2 nitrogen and oxygen atoms in total. The van der Waals surface area contributed by atoms with Crippen molar-refractivity contribution in [2.24, 2.45) is 0 Å². The van der Waals surface area contributed by atoms with Crippen molar-refractivity contribution in [1.82, 2.24) is 10.6 Å². The Morgan fingerprint density at radius 1 is 1.43 bits per heavy atom. The highest BCUT2D eigenvalue weighted by Gasteiger charge is 1.92. The van der Waals surface area contributed by atoms with Gasteiger partial charge in [0.1, 0.15) is 0 Å². The van der Waals surface area contributed by atoms with Crippen molar-refractivity contribution in [3.05, 3.63) is 0 Å². The normalized spacial score (nSPS) is 10.3. The first kappa shape index (κ1) is 7.14. The van der Waals surface area contributed by atoms with Crippen molar-refractivity contribution in [2.75, 3.05) is 14.1 Å². The highest BCUT2D eigenvalue weighted by Crippen LogP contribution is 1.76. The highest BCUT2D eigenvalue weighted by molar-refractivity contribution is 6.08. The molecule has 7 heavy (non-hydrogen) atoms. The van der Waals surface area contributed by atoms with Gasteiger partial charge in [0.05, 0.1) is 6.17 Å². The molecule has 2 N–H and O–H groups in total. The lowest BCUT2D eigenvalue weighted by atomic mass is 10.6. The summed E-state index contributed by atoms with van der Waals surface area (Å²) in [6.45, 7) is 0. The van der Waals surface area contributed by atoms with E-state index in [1.165, 1.54) is 0 Å². The average molecular weight is 115 g/mol. The Bertz CT molecular complexity index is 31.2. The topological polar surface area (TPSA) is 24.1 Å². The summed E-state index contributed by atoms with van der Waals surface area (Å²) in [6.07, 6.45) is 0.400. The first-order chi connectivity index (χ1) is 3.35. The lowest BCUT2D eigenvalue weighted by Crippen LogP contribution is -2.36. The van der Waals surface area contributed by atoms with Crippen LogP contribution in [0.3, 0.4) is 0 Å². The molecule has 0 heterocycles. The molecule has 0 saturated heterocycles. The fourth-order valence-corrected chi connectivity index (χ4v) is 0.757. The van der Waals surface area contributed by atoms with Crippen molar-refractivity contribution in [1.29, 1.82) is 0 Å². The first-order valence-electron chi connectivity index (χ1n) is 2.34. The minimum atomic E-state index is 0.400. The second-order valence-corrected chi connectivity index (χ2v) is 1.74. The molecular formula is C4H11N2Si. The Morgan fingerprint density at radius 3 is 1.86 bits per heavy atom. The molecule has 3 radical (unpaired) electrons. The van der Waals surface area contributed by atoms with E-state index < -0.39 is 0 Å². The van der Waals surface area contributed by atoms with E-state index in [4.69, 9.17) is 0 Å². The minimum Gasteiger partial charge on any atom is -0.305 e. The molecule has 0 aliphatic heterocycles. The third kappa shape index (κ3) is 2.79. The molecule has 0 spiro atoms. The van der Waals surface area contributed by atoms with Gasteiger partial charge in [-0.3, -0.25) is 0 Å². The minimum absolute atomic E-state index is 0.400. The average Bonchev–Trinajstić information content (AvgIpc) is 1.72. The Hall–Kier alpha value is 0.137. The van der Waals surface area contributed by atoms with Gasteiger partial charge in [-0.05, 0) is 20.1 Å². The van der Waals surface area contributed by atoms with E-state index in [0.717, 1.165) is 6.04 Å². The number of hydrogen-bond donors (Lipinski definition) is 2. The summed E-state index contributed by atoms with van der Waals surface area (Å²) in [7, 11) is 7.19. The van der Waals surface area contributed by atoms with Crippen LogP contribution in [-0.4, -0.2) is 30.5 Å². The van der Waals surface area contributed by atoms with E-state index in [1.54, 1.807) is 0 Å². The summed E-state index contributed by atoms with van der Waals surface area (Å²) in [6, 6.07) is 0.938. The Kier molecular flexibility index (Phi) is 4.38. The maximum Gasteiger partial charge on any atom is 0.0535 e. The van der Waals surface area contributed by atoms with Crippen LogP contribution in [0.5, 0.6) is 0 Å². The third-order valence-corrected chi connectivity index (χ3v) is 1.31. The molecule has 0 atom stereocenters. The molecule has 0 fully saturated rings. The van der Waals surface area contributed by atoms with Crippen LogP contribution in [0.1, 0.15) is 0 Å². The van der Waals surface area contributed by atoms with Crippen LogP contribution in [0.4, 0.5) is 0 Å². The Morgan fingerprint density at radius 2 is 1.86 bits per heavy atom. The van der Waals surface area contributed by atoms with Crippen molar-refractivity contribution < 1.29 is 0 Å². The van der Waals surface area contributed by atoms with Crippen LogP contribution in [0, 0.1) is 0 Å². The quantitative estimate of drug-likeness (QED) is 0.377. The number of hydrogen-bond acceptors (Lipinski definition) is 2. The van der Waals surface area contributed by atoms with Crippen molar-refractivity contribution in [2.45, 2.75) is 12.2 Å². The number of rotatable bonds is 3. The van der Waals surface area contributed by atoms with Gasteiger partial charge in [-0.2, -0.15) is 0 Å². The highest BCUT2D eigenvalue weighted by atomic mass is 28.1. The van der Waals surface area contributed by atoms with Crippen molar-refractivity contribution in [3.63, 3.8) is 0 Å². The molecule has 0 aliphatic carbocycles. The van der Waals surface area contributed by atoms with Gasteiger partial charge in [0.2, 0.25) is 0 Å². The molecule has 0 aliphatic rings. The van der Waals surface area contributed by atoms with E-state index in [9.17, 15) is 0 Å². The molecule has 0 aromatic carbocycles. The second kappa shape index (κ2) is 4.30. The predicted molar refractivity (Wildman–Crippen MR) is 32.5 cm³/mol. The molecule has 41 valence electrons. The fourth-order valence-electron chi connectivity index (χ4n) is 0.348. The van der Waals surface area contributed by atoms with E-state index >= 15 is 0 Å². The van der Waals surface area contributed by atoms with E-state index in [0.29, 0.717) is 6.17 Å². The van der Waals surface area contributed by atoms with Crippen LogP contribution in [-0.2, 0) is 0 Å². The zero-order valence-corrected chi connectivity index (χ0v) is 5.78. The van der Waals surface area contributed by atoms with Crippen molar-refractivity contribution >= 4 is 10.2 Å². The van der Waals surface area contributed by atoms with Gasteiger partial charge in [-0.25, -0.2) is 0 Å². The first-order valence-corrected chi connectivity index (χ1v) is 3.05. The Balaban J connectivity index is 2.99. The number of nitrogens with one attached hydrogen (secondary N) is 2. The molecule has 0 bridgehead atoms. The van der Waals surface area contributed by atoms with Gasteiger partial charge in [-0.15, -0.1) is 0 Å². The maximum atomic E-state index is 3.35. The summed E-state index contributed by atoms with van der Waals surface area (Å²) in [5, 5.41) is 6.08. The summed E-state index contributed by atoms with van der Waals surface area (Å²) < 4.78 is 0. The molecular weight excluding hydrogens is 104 g/mol. The van der Waals surface area contributed by atoms with Crippen LogP contribution >= 0.6 is 0 Å². The van der Waals surface area contributed by atoms with Gasteiger partial charge >= 0.3 is 0 Å². The van der Waals surface area contributed by atoms with E-state index in [1.807, 2.05) is 14.1 Å². The second-order valence-electron chi connectivity index (χ2n) is 1.33. The summed E-state index contributed by atoms with van der Waals surface area (Å²) >= 11 is 0. The SMILES string of the molecule is CNC(C[Si])NC. The standard InChI is InChI=1S/C4H11N2Si/c1-5-4(3-7)6-2/h4-6H,3H2,1-2H3. The summed E-state index contributed by atoms with van der Waals surface area (Å²) in [4.78, 5) is 0. The van der Waals surface area contributed by atoms with Crippen LogP contribution in [0.2, 0.25) is 6.04 Å². The largest absolute Gasteiger partial charge is 0.305 e.